The molecule has 0 saturated heterocycles. The fraction of sp³-hybridized carbons (Fsp3) is 0.312. The normalized spacial score (nSPS) is 14.7. The van der Waals surface area contributed by atoms with Crippen LogP contribution in [0.5, 0.6) is 0 Å². The first-order valence-electron chi connectivity index (χ1n) is 7.15. The number of thiazole rings is 1. The van der Waals surface area contributed by atoms with E-state index in [2.05, 4.69) is 16.4 Å². The summed E-state index contributed by atoms with van der Waals surface area (Å²) >= 11 is 1.12. The molecule has 1 N–H and O–H groups in total. The van der Waals surface area contributed by atoms with Crippen molar-refractivity contribution in [3.8, 4) is 17.3 Å². The fourth-order valence-corrected chi connectivity index (χ4v) is 3.46. The van der Waals surface area contributed by atoms with E-state index in [0.29, 0.717) is 21.3 Å². The third-order valence-electron chi connectivity index (χ3n) is 3.78. The van der Waals surface area contributed by atoms with Crippen LogP contribution in [0.1, 0.15) is 30.6 Å². The monoisotopic (exact) mass is 315 g/mol. The second-order valence-electron chi connectivity index (χ2n) is 5.29. The topological polar surface area (TPSA) is 65.8 Å². The van der Waals surface area contributed by atoms with E-state index in [1.54, 1.807) is 12.1 Å². The predicted octanol–water partition coefficient (Wildman–Crippen LogP) is 3.95. The number of carbonyl (C=O) groups is 1. The number of benzene rings is 1. The Labute approximate surface area is 131 Å². The number of nitriles is 1. The van der Waals surface area contributed by atoms with Gasteiger partial charge in [-0.25, -0.2) is 9.37 Å². The maximum absolute atomic E-state index is 13.3. The molecule has 1 aromatic carbocycles. The van der Waals surface area contributed by atoms with Gasteiger partial charge in [-0.2, -0.15) is 5.26 Å². The van der Waals surface area contributed by atoms with Crippen LogP contribution in [0.4, 0.5) is 9.52 Å². The summed E-state index contributed by atoms with van der Waals surface area (Å²) in [5.41, 5.74) is 0.947. The Morgan fingerprint density at radius 3 is 2.86 bits per heavy atom. The SMILES string of the molecule is N#Cc1sc(NC(=O)C2CCCC2)nc1-c1cccc(F)c1. The van der Waals surface area contributed by atoms with Crippen LogP contribution in [0.15, 0.2) is 24.3 Å². The molecule has 0 radical (unpaired) electrons. The van der Waals surface area contributed by atoms with E-state index in [1.807, 2.05) is 0 Å². The molecule has 1 aromatic heterocycles. The molecule has 1 aliphatic carbocycles. The van der Waals surface area contributed by atoms with Crippen LogP contribution in [0.25, 0.3) is 11.3 Å². The summed E-state index contributed by atoms with van der Waals surface area (Å²) in [7, 11) is 0. The summed E-state index contributed by atoms with van der Waals surface area (Å²) in [6.07, 6.45) is 3.96. The van der Waals surface area contributed by atoms with Crippen molar-refractivity contribution < 1.29 is 9.18 Å². The van der Waals surface area contributed by atoms with Gasteiger partial charge < -0.3 is 5.32 Å². The molecule has 1 heterocycles. The van der Waals surface area contributed by atoms with Gasteiger partial charge in [0.15, 0.2) is 5.13 Å². The summed E-state index contributed by atoms with van der Waals surface area (Å²) in [5, 5.41) is 12.4. The lowest BCUT2D eigenvalue weighted by atomic mass is 10.1. The van der Waals surface area contributed by atoms with Crippen LogP contribution in [0.2, 0.25) is 0 Å². The van der Waals surface area contributed by atoms with Gasteiger partial charge in [-0.15, -0.1) is 0 Å². The Morgan fingerprint density at radius 2 is 2.18 bits per heavy atom. The standard InChI is InChI=1S/C16H14FN3OS/c17-12-7-3-6-11(8-12)14-13(9-18)22-16(19-14)20-15(21)10-4-1-2-5-10/h3,6-8,10H,1-2,4-5H2,(H,19,20,21). The van der Waals surface area contributed by atoms with Gasteiger partial charge >= 0.3 is 0 Å². The first-order chi connectivity index (χ1) is 10.7. The van der Waals surface area contributed by atoms with E-state index in [-0.39, 0.29) is 17.6 Å². The lowest BCUT2D eigenvalue weighted by Crippen LogP contribution is -2.20. The van der Waals surface area contributed by atoms with Gasteiger partial charge in [0.2, 0.25) is 5.91 Å². The van der Waals surface area contributed by atoms with Gasteiger partial charge in [-0.1, -0.05) is 36.3 Å². The molecule has 2 aromatic rings. The summed E-state index contributed by atoms with van der Waals surface area (Å²) in [6.45, 7) is 0. The molecular weight excluding hydrogens is 301 g/mol. The number of halogens is 1. The van der Waals surface area contributed by atoms with Crippen LogP contribution in [0.3, 0.4) is 0 Å². The molecule has 0 spiro atoms. The minimum atomic E-state index is -0.383. The molecule has 112 valence electrons. The molecule has 6 heteroatoms. The highest BCUT2D eigenvalue weighted by molar-refractivity contribution is 7.16. The maximum Gasteiger partial charge on any atom is 0.229 e. The van der Waals surface area contributed by atoms with Gasteiger partial charge in [0.25, 0.3) is 0 Å². The van der Waals surface area contributed by atoms with Crippen molar-refractivity contribution in [3.63, 3.8) is 0 Å². The van der Waals surface area contributed by atoms with Crippen LogP contribution < -0.4 is 5.32 Å². The van der Waals surface area contributed by atoms with E-state index >= 15 is 0 Å². The Kier molecular flexibility index (Phi) is 4.16. The first kappa shape index (κ1) is 14.7. The number of nitrogens with zero attached hydrogens (tertiary/aromatic N) is 2. The van der Waals surface area contributed by atoms with Gasteiger partial charge in [-0.3, -0.25) is 4.79 Å². The summed E-state index contributed by atoms with van der Waals surface area (Å²) in [5.74, 6) is -0.389. The minimum Gasteiger partial charge on any atom is -0.302 e. The zero-order valence-electron chi connectivity index (χ0n) is 11.8. The second kappa shape index (κ2) is 6.24. The van der Waals surface area contributed by atoms with Gasteiger partial charge in [-0.05, 0) is 25.0 Å². The highest BCUT2D eigenvalue weighted by Crippen LogP contribution is 2.32. The molecule has 1 aliphatic rings. The number of rotatable bonds is 3. The van der Waals surface area contributed by atoms with Crippen LogP contribution >= 0.6 is 11.3 Å². The molecule has 1 amide bonds. The van der Waals surface area contributed by atoms with Gasteiger partial charge in [0.05, 0.1) is 0 Å². The molecular formula is C16H14FN3OS. The third kappa shape index (κ3) is 3.00. The van der Waals surface area contributed by atoms with Crippen LogP contribution in [-0.2, 0) is 4.79 Å². The Hall–Kier alpha value is -2.26. The van der Waals surface area contributed by atoms with Crippen molar-refractivity contribution in [2.45, 2.75) is 25.7 Å². The van der Waals surface area contributed by atoms with Crippen molar-refractivity contribution in [2.24, 2.45) is 5.92 Å². The molecule has 0 bridgehead atoms. The fourth-order valence-electron chi connectivity index (χ4n) is 2.68. The lowest BCUT2D eigenvalue weighted by Gasteiger charge is -2.07. The van der Waals surface area contributed by atoms with Crippen molar-refractivity contribution in [2.75, 3.05) is 5.32 Å². The number of carbonyl (C=O) groups excluding carboxylic acids is 1. The Morgan fingerprint density at radius 1 is 1.41 bits per heavy atom. The van der Waals surface area contributed by atoms with Crippen molar-refractivity contribution in [3.05, 3.63) is 35.0 Å². The van der Waals surface area contributed by atoms with E-state index in [0.717, 1.165) is 37.0 Å². The highest BCUT2D eigenvalue weighted by Gasteiger charge is 2.24. The number of hydrogen-bond acceptors (Lipinski definition) is 4. The largest absolute Gasteiger partial charge is 0.302 e. The zero-order chi connectivity index (χ0) is 15.5. The third-order valence-corrected chi connectivity index (χ3v) is 4.66. The maximum atomic E-state index is 13.3. The summed E-state index contributed by atoms with van der Waals surface area (Å²) in [4.78, 5) is 16.8. The van der Waals surface area contributed by atoms with Crippen molar-refractivity contribution >= 4 is 22.4 Å². The van der Waals surface area contributed by atoms with Gasteiger partial charge in [0.1, 0.15) is 22.5 Å². The molecule has 3 rings (SSSR count). The predicted molar refractivity (Wildman–Crippen MR) is 82.8 cm³/mol. The number of nitrogens with one attached hydrogen (secondary N) is 1. The smallest absolute Gasteiger partial charge is 0.229 e. The zero-order valence-corrected chi connectivity index (χ0v) is 12.6. The molecule has 1 fully saturated rings. The van der Waals surface area contributed by atoms with E-state index < -0.39 is 0 Å². The Balaban J connectivity index is 1.85. The molecule has 4 nitrogen and oxygen atoms in total. The van der Waals surface area contributed by atoms with Crippen LogP contribution in [0, 0.1) is 23.1 Å². The lowest BCUT2D eigenvalue weighted by molar-refractivity contribution is -0.119. The van der Waals surface area contributed by atoms with E-state index in [4.69, 9.17) is 0 Å². The number of anilines is 1. The molecule has 0 atom stereocenters. The average molecular weight is 315 g/mol. The van der Waals surface area contributed by atoms with Crippen molar-refractivity contribution in [1.82, 2.24) is 4.98 Å². The number of hydrogen-bond donors (Lipinski definition) is 1. The minimum absolute atomic E-state index is 0.0343. The molecule has 22 heavy (non-hydrogen) atoms. The van der Waals surface area contributed by atoms with E-state index in [9.17, 15) is 14.4 Å². The summed E-state index contributed by atoms with van der Waals surface area (Å²) < 4.78 is 13.3. The quantitative estimate of drug-likeness (QED) is 0.932. The molecule has 0 unspecified atom stereocenters. The van der Waals surface area contributed by atoms with Crippen LogP contribution in [-0.4, -0.2) is 10.9 Å². The molecule has 1 saturated carbocycles. The van der Waals surface area contributed by atoms with E-state index in [1.165, 1.54) is 12.1 Å². The molecule has 0 aliphatic heterocycles. The number of aromatic nitrogens is 1. The highest BCUT2D eigenvalue weighted by atomic mass is 32.1. The number of amides is 1. The van der Waals surface area contributed by atoms with Gasteiger partial charge in [0, 0.05) is 11.5 Å². The Bertz CT molecular complexity index is 744. The second-order valence-corrected chi connectivity index (χ2v) is 6.29. The average Bonchev–Trinajstić information content (AvgIpc) is 3.16. The first-order valence-corrected chi connectivity index (χ1v) is 7.97. The van der Waals surface area contributed by atoms with Crippen molar-refractivity contribution in [1.29, 1.82) is 5.26 Å². The summed E-state index contributed by atoms with van der Waals surface area (Å²) in [6, 6.07) is 8.00.